The number of fused-ring (bicyclic) bond motifs is 1. The number of halogens is 2. The first-order chi connectivity index (χ1) is 18.6. The summed E-state index contributed by atoms with van der Waals surface area (Å²) in [5.41, 5.74) is 1.91. The average Bonchev–Trinajstić information content (AvgIpc) is 3.55. The first-order valence-corrected chi connectivity index (χ1v) is 13.2. The molecule has 1 aliphatic carbocycles. The van der Waals surface area contributed by atoms with E-state index in [9.17, 15) is 9.18 Å². The van der Waals surface area contributed by atoms with Crippen molar-refractivity contribution >= 4 is 23.1 Å². The number of benzene rings is 1. The van der Waals surface area contributed by atoms with Crippen molar-refractivity contribution in [2.45, 2.75) is 52.0 Å². The van der Waals surface area contributed by atoms with Crippen molar-refractivity contribution in [2.24, 2.45) is 0 Å². The Morgan fingerprint density at radius 1 is 1.10 bits per heavy atom. The predicted octanol–water partition coefficient (Wildman–Crippen LogP) is 4.90. The van der Waals surface area contributed by atoms with Gasteiger partial charge in [-0.3, -0.25) is 4.79 Å². The number of pyridine rings is 1. The molecule has 2 aliphatic rings. The Hall–Kier alpha value is -3.86. The molecule has 1 N–H and O–H groups in total. The van der Waals surface area contributed by atoms with Crippen LogP contribution < -0.4 is 10.2 Å². The van der Waals surface area contributed by atoms with Gasteiger partial charge in [-0.25, -0.2) is 14.1 Å². The Kier molecular flexibility index (Phi) is 6.13. The third-order valence-electron chi connectivity index (χ3n) is 7.18. The van der Waals surface area contributed by atoms with Crippen LogP contribution in [-0.4, -0.2) is 56.6 Å². The third kappa shape index (κ3) is 4.75. The highest BCUT2D eigenvalue weighted by atomic mass is 19.1. The first kappa shape index (κ1) is 25.4. The topological polar surface area (TPSA) is 89.6 Å². The fourth-order valence-corrected chi connectivity index (χ4v) is 4.90. The molecule has 39 heavy (non-hydrogen) atoms. The second kappa shape index (κ2) is 9.41. The number of morpholine rings is 1. The van der Waals surface area contributed by atoms with Gasteiger partial charge in [0, 0.05) is 19.0 Å². The van der Waals surface area contributed by atoms with E-state index in [0.717, 1.165) is 30.0 Å². The molecule has 0 unspecified atom stereocenters. The van der Waals surface area contributed by atoms with Crippen LogP contribution in [0.5, 0.6) is 0 Å². The standard InChI is InChI=1S/C28H31F2N7O2/c1-16-11-21(29)20(27(38)32-22-15-31-37(25(22)30)28(2,3)4)14-19(16)18-12-23-33-26(17-5-6-17)34-36(23)24(13-18)35-7-9-39-10-8-35/h11-15,17H,5-10H2,1-4H3,(H,32,38). The molecule has 11 heteroatoms. The normalized spacial score (nSPS) is 16.2. The van der Waals surface area contributed by atoms with E-state index < -0.39 is 23.2 Å². The number of nitrogens with zero attached hydrogens (tertiary/aromatic N) is 6. The lowest BCUT2D eigenvalue weighted by Gasteiger charge is -2.29. The molecule has 1 saturated carbocycles. The third-order valence-corrected chi connectivity index (χ3v) is 7.18. The molecule has 1 aromatic carbocycles. The van der Waals surface area contributed by atoms with Crippen LogP contribution in [0.1, 0.15) is 61.3 Å². The fraction of sp³-hybridized carbons (Fsp3) is 0.429. The van der Waals surface area contributed by atoms with Crippen molar-refractivity contribution in [3.63, 3.8) is 0 Å². The number of hydrogen-bond acceptors (Lipinski definition) is 6. The summed E-state index contributed by atoms with van der Waals surface area (Å²) in [5, 5.41) is 11.3. The number of anilines is 2. The molecule has 0 radical (unpaired) electrons. The van der Waals surface area contributed by atoms with E-state index in [0.29, 0.717) is 49.0 Å². The minimum atomic E-state index is -0.755. The maximum absolute atomic E-state index is 15.1. The minimum absolute atomic E-state index is 0.108. The molecule has 0 bridgehead atoms. The number of ether oxygens (including phenoxy) is 1. The maximum atomic E-state index is 15.1. The van der Waals surface area contributed by atoms with Crippen molar-refractivity contribution in [3.05, 3.63) is 59.2 Å². The molecular weight excluding hydrogens is 504 g/mol. The largest absolute Gasteiger partial charge is 0.378 e. The van der Waals surface area contributed by atoms with Crippen molar-refractivity contribution in [3.8, 4) is 11.1 Å². The molecule has 0 atom stereocenters. The molecule has 1 saturated heterocycles. The van der Waals surface area contributed by atoms with Crippen LogP contribution in [0.25, 0.3) is 16.8 Å². The second-order valence-electron chi connectivity index (χ2n) is 11.2. The van der Waals surface area contributed by atoms with Crippen LogP contribution in [0.15, 0.2) is 30.5 Å². The van der Waals surface area contributed by atoms with Gasteiger partial charge < -0.3 is 15.0 Å². The summed E-state index contributed by atoms with van der Waals surface area (Å²) in [4.78, 5) is 20.1. The number of carbonyl (C=O) groups excluding carboxylic acids is 1. The zero-order chi connectivity index (χ0) is 27.5. The highest BCUT2D eigenvalue weighted by Crippen LogP contribution is 2.39. The van der Waals surface area contributed by atoms with Gasteiger partial charge >= 0.3 is 0 Å². The van der Waals surface area contributed by atoms with Crippen molar-refractivity contribution in [2.75, 3.05) is 36.5 Å². The summed E-state index contributed by atoms with van der Waals surface area (Å²) in [6.45, 7) is 9.83. The van der Waals surface area contributed by atoms with E-state index in [1.807, 2.05) is 16.6 Å². The van der Waals surface area contributed by atoms with E-state index in [-0.39, 0.29) is 11.3 Å². The van der Waals surface area contributed by atoms with Gasteiger partial charge in [0.1, 0.15) is 17.3 Å². The van der Waals surface area contributed by atoms with Crippen LogP contribution in [0.2, 0.25) is 0 Å². The van der Waals surface area contributed by atoms with E-state index >= 15 is 4.39 Å². The van der Waals surface area contributed by atoms with Crippen LogP contribution in [0.4, 0.5) is 20.3 Å². The van der Waals surface area contributed by atoms with Crippen molar-refractivity contribution in [1.82, 2.24) is 24.4 Å². The minimum Gasteiger partial charge on any atom is -0.378 e. The number of carbonyl (C=O) groups is 1. The molecule has 1 amide bonds. The number of amides is 1. The van der Waals surface area contributed by atoms with Crippen molar-refractivity contribution in [1.29, 1.82) is 0 Å². The molecule has 9 nitrogen and oxygen atoms in total. The van der Waals surface area contributed by atoms with E-state index in [4.69, 9.17) is 14.8 Å². The Labute approximate surface area is 224 Å². The summed E-state index contributed by atoms with van der Waals surface area (Å²) in [5.74, 6) is -0.0503. The molecule has 0 spiro atoms. The smallest absolute Gasteiger partial charge is 0.258 e. The van der Waals surface area contributed by atoms with Gasteiger partial charge in [-0.1, -0.05) is 0 Å². The number of nitrogens with one attached hydrogen (secondary N) is 1. The lowest BCUT2D eigenvalue weighted by molar-refractivity contribution is 0.102. The summed E-state index contributed by atoms with van der Waals surface area (Å²) >= 11 is 0. The number of hydrogen-bond donors (Lipinski definition) is 1. The highest BCUT2D eigenvalue weighted by molar-refractivity contribution is 6.05. The fourth-order valence-electron chi connectivity index (χ4n) is 4.90. The van der Waals surface area contributed by atoms with E-state index in [1.54, 1.807) is 27.7 Å². The molecular formula is C28H31F2N7O2. The van der Waals surface area contributed by atoms with Gasteiger partial charge in [0.05, 0.1) is 30.5 Å². The Bertz CT molecular complexity index is 1580. The number of aryl methyl sites for hydroxylation is 1. The average molecular weight is 536 g/mol. The summed E-state index contributed by atoms with van der Waals surface area (Å²) in [6.07, 6.45) is 3.40. The monoisotopic (exact) mass is 535 g/mol. The lowest BCUT2D eigenvalue weighted by Crippen LogP contribution is -2.37. The highest BCUT2D eigenvalue weighted by Gasteiger charge is 2.29. The quantitative estimate of drug-likeness (QED) is 0.391. The van der Waals surface area contributed by atoms with Gasteiger partial charge in [0.2, 0.25) is 5.95 Å². The van der Waals surface area contributed by atoms with Crippen LogP contribution in [0.3, 0.4) is 0 Å². The SMILES string of the molecule is Cc1cc(F)c(C(=O)Nc2cnn(C(C)(C)C)c2F)cc1-c1cc(N2CCOCC2)n2nc(C3CC3)nc2c1. The zero-order valence-corrected chi connectivity index (χ0v) is 22.5. The van der Waals surface area contributed by atoms with E-state index in [1.165, 1.54) is 23.0 Å². The van der Waals surface area contributed by atoms with Crippen LogP contribution in [-0.2, 0) is 10.3 Å². The molecule has 6 rings (SSSR count). The summed E-state index contributed by atoms with van der Waals surface area (Å²) in [7, 11) is 0. The molecule has 4 aromatic rings. The Morgan fingerprint density at radius 2 is 1.85 bits per heavy atom. The molecule has 3 aromatic heterocycles. The van der Waals surface area contributed by atoms with E-state index in [2.05, 4.69) is 15.3 Å². The Morgan fingerprint density at radius 3 is 2.51 bits per heavy atom. The maximum Gasteiger partial charge on any atom is 0.258 e. The van der Waals surface area contributed by atoms with Crippen molar-refractivity contribution < 1.29 is 18.3 Å². The number of aromatic nitrogens is 5. The molecule has 204 valence electrons. The van der Waals surface area contributed by atoms with Gasteiger partial charge in [0.25, 0.3) is 5.91 Å². The molecule has 1 aliphatic heterocycles. The predicted molar refractivity (Wildman–Crippen MR) is 143 cm³/mol. The van der Waals surface area contributed by atoms with Crippen LogP contribution >= 0.6 is 0 Å². The van der Waals surface area contributed by atoms with Gasteiger partial charge in [-0.05, 0) is 81.5 Å². The van der Waals surface area contributed by atoms with Gasteiger partial charge in [-0.2, -0.15) is 14.0 Å². The first-order valence-electron chi connectivity index (χ1n) is 13.2. The Balaban J connectivity index is 1.40. The van der Waals surface area contributed by atoms with Gasteiger partial charge in [0.15, 0.2) is 11.5 Å². The lowest BCUT2D eigenvalue weighted by atomic mass is 9.97. The summed E-state index contributed by atoms with van der Waals surface area (Å²) in [6, 6.07) is 6.76. The zero-order valence-electron chi connectivity index (χ0n) is 22.5. The van der Waals surface area contributed by atoms with Crippen LogP contribution in [0, 0.1) is 18.7 Å². The molecule has 4 heterocycles. The second-order valence-corrected chi connectivity index (χ2v) is 11.2. The number of rotatable bonds is 5. The molecule has 2 fully saturated rings. The summed E-state index contributed by atoms with van der Waals surface area (Å²) < 4.78 is 38.6. The van der Waals surface area contributed by atoms with Gasteiger partial charge in [-0.15, -0.1) is 5.10 Å².